The fourth-order valence-electron chi connectivity index (χ4n) is 0.834. The number of hydrogen-bond donors (Lipinski definition) is 0. The number of aromatic nitrogens is 2. The molecule has 0 unspecified atom stereocenters. The third-order valence-corrected chi connectivity index (χ3v) is 2.04. The van der Waals surface area contributed by atoms with Crippen molar-refractivity contribution in [3.63, 3.8) is 0 Å². The second-order valence-electron chi connectivity index (χ2n) is 2.35. The van der Waals surface area contributed by atoms with Gasteiger partial charge in [0.05, 0.1) is 11.9 Å². The van der Waals surface area contributed by atoms with E-state index in [2.05, 4.69) is 25.9 Å². The van der Waals surface area contributed by atoms with Crippen molar-refractivity contribution in [1.29, 1.82) is 0 Å². The van der Waals surface area contributed by atoms with Crippen molar-refractivity contribution in [2.75, 3.05) is 6.61 Å². The zero-order chi connectivity index (χ0) is 10.6. The lowest BCUT2D eigenvalue weighted by Gasteiger charge is -2.02. The van der Waals surface area contributed by atoms with E-state index in [-0.39, 0.29) is 10.8 Å². The molecule has 0 saturated heterocycles. The number of ether oxygens (including phenoxy) is 1. The number of carbonyl (C=O) groups is 1. The molecule has 1 rings (SSSR count). The van der Waals surface area contributed by atoms with Gasteiger partial charge in [-0.1, -0.05) is 27.5 Å². The first-order valence-corrected chi connectivity index (χ1v) is 5.44. The number of alkyl halides is 1. The van der Waals surface area contributed by atoms with E-state index in [1.54, 1.807) is 6.92 Å². The van der Waals surface area contributed by atoms with E-state index in [0.29, 0.717) is 17.8 Å². The molecule has 14 heavy (non-hydrogen) atoms. The lowest BCUT2D eigenvalue weighted by Crippen LogP contribution is -2.09. The van der Waals surface area contributed by atoms with Crippen molar-refractivity contribution in [3.8, 4) is 0 Å². The van der Waals surface area contributed by atoms with Gasteiger partial charge in [-0.15, -0.1) is 0 Å². The lowest BCUT2D eigenvalue weighted by atomic mass is 10.4. The number of rotatable bonds is 3. The predicted octanol–water partition coefficient (Wildman–Crippen LogP) is 2.20. The van der Waals surface area contributed by atoms with E-state index in [4.69, 9.17) is 16.3 Å². The molecule has 0 spiro atoms. The number of halogens is 2. The first-order chi connectivity index (χ1) is 6.67. The number of hydrogen-bond acceptors (Lipinski definition) is 4. The van der Waals surface area contributed by atoms with Gasteiger partial charge in [-0.2, -0.15) is 0 Å². The van der Waals surface area contributed by atoms with Crippen LogP contribution in [0.5, 0.6) is 0 Å². The Balaban J connectivity index is 2.96. The first kappa shape index (κ1) is 11.4. The average molecular weight is 280 g/mol. The second kappa shape index (κ2) is 5.26. The SMILES string of the molecule is CCOC(=O)c1cc(Cl)nc(CBr)n1. The normalized spacial score (nSPS) is 9.93. The molecule has 1 heterocycles. The Morgan fingerprint density at radius 3 is 2.93 bits per heavy atom. The van der Waals surface area contributed by atoms with Crippen LogP contribution in [-0.4, -0.2) is 22.5 Å². The third kappa shape index (κ3) is 2.92. The summed E-state index contributed by atoms with van der Waals surface area (Å²) in [5.41, 5.74) is 0.182. The molecule has 0 saturated carbocycles. The van der Waals surface area contributed by atoms with Crippen LogP contribution in [0.3, 0.4) is 0 Å². The minimum atomic E-state index is -0.487. The summed E-state index contributed by atoms with van der Waals surface area (Å²) in [4.78, 5) is 19.1. The summed E-state index contributed by atoms with van der Waals surface area (Å²) >= 11 is 8.87. The fourth-order valence-corrected chi connectivity index (χ4v) is 1.29. The highest BCUT2D eigenvalue weighted by atomic mass is 79.9. The van der Waals surface area contributed by atoms with Gasteiger partial charge in [0.2, 0.25) is 0 Å². The summed E-state index contributed by atoms with van der Waals surface area (Å²) in [6.07, 6.45) is 0. The average Bonchev–Trinajstić information content (AvgIpc) is 2.17. The largest absolute Gasteiger partial charge is 0.461 e. The molecule has 0 aromatic carbocycles. The molecule has 0 atom stereocenters. The van der Waals surface area contributed by atoms with Gasteiger partial charge in [0, 0.05) is 6.07 Å². The van der Waals surface area contributed by atoms with E-state index < -0.39 is 5.97 Å². The minimum Gasteiger partial charge on any atom is -0.461 e. The van der Waals surface area contributed by atoms with Gasteiger partial charge in [0.1, 0.15) is 11.0 Å². The van der Waals surface area contributed by atoms with E-state index >= 15 is 0 Å². The van der Waals surface area contributed by atoms with Crippen molar-refractivity contribution in [2.24, 2.45) is 0 Å². The maximum Gasteiger partial charge on any atom is 0.357 e. The van der Waals surface area contributed by atoms with Crippen LogP contribution in [0.15, 0.2) is 6.07 Å². The van der Waals surface area contributed by atoms with Crippen molar-refractivity contribution in [2.45, 2.75) is 12.3 Å². The van der Waals surface area contributed by atoms with E-state index in [1.165, 1.54) is 6.07 Å². The Hall–Kier alpha value is -0.680. The molecule has 0 bridgehead atoms. The molecule has 1 aromatic rings. The summed E-state index contributed by atoms with van der Waals surface area (Å²) in [6.45, 7) is 2.04. The van der Waals surface area contributed by atoms with Crippen LogP contribution in [-0.2, 0) is 10.1 Å². The van der Waals surface area contributed by atoms with E-state index in [1.807, 2.05) is 0 Å². The molecule has 76 valence electrons. The Kier molecular flexibility index (Phi) is 4.28. The van der Waals surface area contributed by atoms with Gasteiger partial charge in [0.15, 0.2) is 5.69 Å². The quantitative estimate of drug-likeness (QED) is 0.483. The standard InChI is InChI=1S/C8H8BrClN2O2/c1-2-14-8(13)5-3-6(10)12-7(4-9)11-5/h3H,2,4H2,1H3. The van der Waals surface area contributed by atoms with Gasteiger partial charge < -0.3 is 4.74 Å². The lowest BCUT2D eigenvalue weighted by molar-refractivity contribution is 0.0519. The van der Waals surface area contributed by atoms with Crippen LogP contribution < -0.4 is 0 Å². The third-order valence-electron chi connectivity index (χ3n) is 1.35. The maximum absolute atomic E-state index is 11.3. The highest BCUT2D eigenvalue weighted by Crippen LogP contribution is 2.10. The Bertz CT molecular complexity index is 346. The highest BCUT2D eigenvalue weighted by molar-refractivity contribution is 9.08. The van der Waals surface area contributed by atoms with Crippen molar-refractivity contribution < 1.29 is 9.53 Å². The zero-order valence-electron chi connectivity index (χ0n) is 7.46. The first-order valence-electron chi connectivity index (χ1n) is 3.94. The molecule has 1 aromatic heterocycles. The molecule has 0 amide bonds. The highest BCUT2D eigenvalue weighted by Gasteiger charge is 2.11. The summed E-state index contributed by atoms with van der Waals surface area (Å²) in [6, 6.07) is 1.38. The predicted molar refractivity (Wildman–Crippen MR) is 55.6 cm³/mol. The van der Waals surface area contributed by atoms with Gasteiger partial charge >= 0.3 is 5.97 Å². The molecule has 6 heteroatoms. The van der Waals surface area contributed by atoms with Crippen LogP contribution in [0, 0.1) is 0 Å². The molecule has 0 aliphatic heterocycles. The topological polar surface area (TPSA) is 52.1 Å². The summed E-state index contributed by atoms with van der Waals surface area (Å²) in [7, 11) is 0. The van der Waals surface area contributed by atoms with E-state index in [9.17, 15) is 4.79 Å². The number of carbonyl (C=O) groups excluding carboxylic acids is 1. The van der Waals surface area contributed by atoms with Crippen molar-refractivity contribution >= 4 is 33.5 Å². The van der Waals surface area contributed by atoms with Crippen LogP contribution in [0.25, 0.3) is 0 Å². The molecule has 0 N–H and O–H groups in total. The minimum absolute atomic E-state index is 0.182. The van der Waals surface area contributed by atoms with Crippen LogP contribution in [0.2, 0.25) is 5.15 Å². The second-order valence-corrected chi connectivity index (χ2v) is 3.29. The summed E-state index contributed by atoms with van der Waals surface area (Å²) in [5.74, 6) is -0.0282. The molecule has 4 nitrogen and oxygen atoms in total. The Morgan fingerprint density at radius 1 is 1.64 bits per heavy atom. The maximum atomic E-state index is 11.3. The smallest absolute Gasteiger partial charge is 0.357 e. The van der Waals surface area contributed by atoms with Gasteiger partial charge in [-0.05, 0) is 6.92 Å². The van der Waals surface area contributed by atoms with Crippen LogP contribution in [0.1, 0.15) is 23.2 Å². The molecular weight excluding hydrogens is 271 g/mol. The van der Waals surface area contributed by atoms with Crippen molar-refractivity contribution in [3.05, 3.63) is 22.7 Å². The molecule has 0 aliphatic rings. The molecular formula is C8H8BrClN2O2. The summed E-state index contributed by atoms with van der Waals surface area (Å²) in [5, 5.41) is 0.678. The van der Waals surface area contributed by atoms with Gasteiger partial charge in [0.25, 0.3) is 0 Å². The molecule has 0 fully saturated rings. The van der Waals surface area contributed by atoms with Gasteiger partial charge in [-0.25, -0.2) is 14.8 Å². The number of esters is 1. The number of nitrogens with zero attached hydrogens (tertiary/aromatic N) is 2. The van der Waals surface area contributed by atoms with E-state index in [0.717, 1.165) is 0 Å². The monoisotopic (exact) mass is 278 g/mol. The Morgan fingerprint density at radius 2 is 2.36 bits per heavy atom. The zero-order valence-corrected chi connectivity index (χ0v) is 9.80. The Labute approximate surface area is 94.8 Å². The van der Waals surface area contributed by atoms with Crippen LogP contribution in [0.4, 0.5) is 0 Å². The fraction of sp³-hybridized carbons (Fsp3) is 0.375. The molecule has 0 radical (unpaired) electrons. The summed E-state index contributed by atoms with van der Waals surface area (Å²) < 4.78 is 4.78. The van der Waals surface area contributed by atoms with Crippen LogP contribution >= 0.6 is 27.5 Å². The molecule has 0 aliphatic carbocycles. The van der Waals surface area contributed by atoms with Gasteiger partial charge in [-0.3, -0.25) is 0 Å². The van der Waals surface area contributed by atoms with Crippen molar-refractivity contribution in [1.82, 2.24) is 9.97 Å².